The van der Waals surface area contributed by atoms with Crippen molar-refractivity contribution in [1.82, 2.24) is 0 Å². The summed E-state index contributed by atoms with van der Waals surface area (Å²) < 4.78 is 0. The molecule has 4 nitrogen and oxygen atoms in total. The molecule has 0 spiro atoms. The van der Waals surface area contributed by atoms with Gasteiger partial charge in [-0.25, -0.2) is 4.79 Å². The number of carboxylic acids is 1. The van der Waals surface area contributed by atoms with E-state index < -0.39 is 13.2 Å². The van der Waals surface area contributed by atoms with E-state index in [1.165, 1.54) is 28.0 Å². The number of benzene rings is 4. The molecule has 6 heteroatoms. The van der Waals surface area contributed by atoms with E-state index in [2.05, 4.69) is 77.8 Å². The summed E-state index contributed by atoms with van der Waals surface area (Å²) in [5.74, 6) is -1.45. The summed E-state index contributed by atoms with van der Waals surface area (Å²) in [5.41, 5.74) is 0.336. The number of hydrogen-bond donors (Lipinski definition) is 2. The summed E-state index contributed by atoms with van der Waals surface area (Å²) in [6.07, 6.45) is 2.55. The van der Waals surface area contributed by atoms with Gasteiger partial charge in [0.25, 0.3) is 0 Å². The number of rotatable bonds is 7. The van der Waals surface area contributed by atoms with Crippen LogP contribution in [0.5, 0.6) is 5.75 Å². The predicted octanol–water partition coefficient (Wildman–Crippen LogP) is 1.79. The Morgan fingerprint density at radius 2 is 1.21 bits per heavy atom. The molecule has 166 valence electrons. The minimum Gasteiger partial charge on any atom is -1.00 e. The molecule has 0 heterocycles. The first-order valence-corrected chi connectivity index (χ1v) is 12.2. The molecule has 4 rings (SSSR count). The van der Waals surface area contributed by atoms with Crippen LogP contribution < -0.4 is 28.3 Å². The molecular formula is C27H23ClNO3P. The minimum atomic E-state index is -2.05. The van der Waals surface area contributed by atoms with Crippen LogP contribution >= 0.6 is 7.26 Å². The first kappa shape index (κ1) is 24.2. The van der Waals surface area contributed by atoms with Crippen LogP contribution in [0.2, 0.25) is 0 Å². The molecule has 0 saturated heterocycles. The summed E-state index contributed by atoms with van der Waals surface area (Å²) in [6, 6.07) is 35.8. The highest BCUT2D eigenvalue weighted by Gasteiger charge is 2.44. The third-order valence-electron chi connectivity index (χ3n) is 5.40. The Bertz CT molecular complexity index is 1140. The topological polar surface area (TPSA) is 69.9 Å². The molecule has 0 aliphatic carbocycles. The van der Waals surface area contributed by atoms with Gasteiger partial charge in [0.15, 0.2) is 0 Å². The lowest BCUT2D eigenvalue weighted by Crippen LogP contribution is -3.00. The van der Waals surface area contributed by atoms with Crippen molar-refractivity contribution in [3.05, 3.63) is 115 Å². The van der Waals surface area contributed by atoms with Crippen molar-refractivity contribution in [2.24, 2.45) is 4.99 Å². The monoisotopic (exact) mass is 475 g/mol. The second-order valence-corrected chi connectivity index (χ2v) is 10.9. The van der Waals surface area contributed by atoms with E-state index in [-0.39, 0.29) is 23.7 Å². The zero-order valence-corrected chi connectivity index (χ0v) is 19.4. The molecule has 0 aliphatic heterocycles. The molecule has 4 aromatic carbocycles. The van der Waals surface area contributed by atoms with Crippen LogP contribution in [0.25, 0.3) is 0 Å². The molecule has 0 atom stereocenters. The Labute approximate surface area is 200 Å². The quantitative estimate of drug-likeness (QED) is 0.316. The van der Waals surface area contributed by atoms with Crippen molar-refractivity contribution in [3.8, 4) is 5.75 Å². The van der Waals surface area contributed by atoms with Crippen LogP contribution in [0.15, 0.2) is 114 Å². The van der Waals surface area contributed by atoms with Crippen LogP contribution in [0.3, 0.4) is 0 Å². The zero-order valence-electron chi connectivity index (χ0n) is 17.8. The maximum atomic E-state index is 11.4. The summed E-state index contributed by atoms with van der Waals surface area (Å²) in [4.78, 5) is 15.9. The average molecular weight is 476 g/mol. The lowest BCUT2D eigenvalue weighted by Gasteiger charge is -2.26. The third kappa shape index (κ3) is 5.14. The molecule has 0 saturated carbocycles. The van der Waals surface area contributed by atoms with Crippen molar-refractivity contribution < 1.29 is 27.4 Å². The molecular weight excluding hydrogens is 453 g/mol. The highest BCUT2D eigenvalue weighted by molar-refractivity contribution is 7.96. The molecule has 0 radical (unpaired) electrons. The molecule has 0 amide bonds. The summed E-state index contributed by atoms with van der Waals surface area (Å²) >= 11 is 0. The van der Waals surface area contributed by atoms with Gasteiger partial charge in [0, 0.05) is 6.21 Å². The minimum absolute atomic E-state index is 0. The molecule has 2 N–H and O–H groups in total. The Morgan fingerprint density at radius 1 is 0.758 bits per heavy atom. The van der Waals surface area contributed by atoms with Crippen molar-refractivity contribution >= 4 is 41.0 Å². The average Bonchev–Trinajstić information content (AvgIpc) is 2.84. The van der Waals surface area contributed by atoms with Crippen LogP contribution in [-0.4, -0.2) is 28.6 Å². The van der Waals surface area contributed by atoms with Crippen LogP contribution in [-0.2, 0) is 0 Å². The highest BCUT2D eigenvalue weighted by Crippen LogP contribution is 2.54. The maximum absolute atomic E-state index is 11.4. The lowest BCUT2D eigenvalue weighted by atomic mass is 10.2. The van der Waals surface area contributed by atoms with E-state index >= 15 is 0 Å². The fourth-order valence-corrected chi connectivity index (χ4v) is 7.75. The number of aliphatic imine (C=N–C) groups is 1. The largest absolute Gasteiger partial charge is 1.00 e. The number of aromatic hydroxyl groups is 1. The van der Waals surface area contributed by atoms with Gasteiger partial charge in [-0.2, -0.15) is 0 Å². The zero-order chi connectivity index (χ0) is 22.4. The number of aromatic carboxylic acids is 1. The second-order valence-electron chi connectivity index (χ2n) is 7.32. The number of carboxylic acid groups (broad SMARTS) is 1. The van der Waals surface area contributed by atoms with Gasteiger partial charge in [-0.3, -0.25) is 4.99 Å². The Balaban J connectivity index is 0.00000306. The lowest BCUT2D eigenvalue weighted by molar-refractivity contribution is -0.0000234. The molecule has 0 unspecified atom stereocenters. The van der Waals surface area contributed by atoms with Gasteiger partial charge in [0.1, 0.15) is 40.7 Å². The van der Waals surface area contributed by atoms with E-state index in [0.717, 1.165) is 0 Å². The normalized spacial score (nSPS) is 11.2. The molecule has 0 bridgehead atoms. The van der Waals surface area contributed by atoms with Crippen molar-refractivity contribution in [3.63, 3.8) is 0 Å². The molecule has 0 aliphatic rings. The van der Waals surface area contributed by atoms with Crippen molar-refractivity contribution in [2.75, 3.05) is 6.16 Å². The number of hydrogen-bond acceptors (Lipinski definition) is 3. The van der Waals surface area contributed by atoms with Gasteiger partial charge >= 0.3 is 5.97 Å². The van der Waals surface area contributed by atoms with Crippen molar-refractivity contribution in [2.45, 2.75) is 0 Å². The Kier molecular flexibility index (Phi) is 8.00. The van der Waals surface area contributed by atoms with Gasteiger partial charge in [-0.05, 0) is 54.6 Å². The van der Waals surface area contributed by atoms with Crippen molar-refractivity contribution in [1.29, 1.82) is 0 Å². The van der Waals surface area contributed by atoms with Gasteiger partial charge < -0.3 is 22.6 Å². The van der Waals surface area contributed by atoms with Gasteiger partial charge in [0.2, 0.25) is 0 Å². The SMILES string of the molecule is O=C(O)c1cc(N=CC[P+](c2ccccc2)(c2ccccc2)c2ccccc2)ccc1O.[Cl-]. The summed E-state index contributed by atoms with van der Waals surface area (Å²) in [7, 11) is -2.05. The molecule has 0 fully saturated rings. The van der Waals surface area contributed by atoms with E-state index in [0.29, 0.717) is 11.8 Å². The predicted molar refractivity (Wildman–Crippen MR) is 133 cm³/mol. The van der Waals surface area contributed by atoms with Crippen LogP contribution in [0.1, 0.15) is 10.4 Å². The summed E-state index contributed by atoms with van der Waals surface area (Å²) in [5, 5.41) is 22.8. The van der Waals surface area contributed by atoms with Gasteiger partial charge in [0.05, 0.1) is 5.69 Å². The third-order valence-corrected chi connectivity index (χ3v) is 9.65. The number of nitrogens with zero attached hydrogens (tertiary/aromatic N) is 1. The van der Waals surface area contributed by atoms with E-state index in [4.69, 9.17) is 0 Å². The summed E-state index contributed by atoms with van der Waals surface area (Å²) in [6.45, 7) is 0. The fourth-order valence-electron chi connectivity index (χ4n) is 3.86. The van der Waals surface area contributed by atoms with Gasteiger partial charge in [-0.15, -0.1) is 0 Å². The first-order valence-electron chi connectivity index (χ1n) is 10.2. The number of phenols is 1. The van der Waals surface area contributed by atoms with E-state index in [9.17, 15) is 15.0 Å². The molecule has 33 heavy (non-hydrogen) atoms. The smallest absolute Gasteiger partial charge is 0.339 e. The van der Waals surface area contributed by atoms with Crippen LogP contribution in [0.4, 0.5) is 5.69 Å². The Hall–Kier alpha value is -3.46. The fraction of sp³-hybridized carbons (Fsp3) is 0.0370. The number of carbonyl (C=O) groups is 1. The van der Waals surface area contributed by atoms with Gasteiger partial charge in [-0.1, -0.05) is 54.6 Å². The Morgan fingerprint density at radius 3 is 1.64 bits per heavy atom. The standard InChI is InChI=1S/C27H22NO3P.ClH/c29-26-17-16-21(20-25(26)27(30)31)28-18-19-32(22-10-4-1-5-11-22,23-12-6-2-7-13-23)24-14-8-3-9-15-24;/h1-18,20H,19H2,(H-,29,30,31);1H. The number of halogens is 1. The van der Waals surface area contributed by atoms with E-state index in [1.807, 2.05) is 24.4 Å². The second kappa shape index (κ2) is 10.9. The van der Waals surface area contributed by atoms with Crippen LogP contribution in [0, 0.1) is 0 Å². The maximum Gasteiger partial charge on any atom is 0.339 e. The van der Waals surface area contributed by atoms with E-state index in [1.54, 1.807) is 6.07 Å². The molecule has 4 aromatic rings. The first-order chi connectivity index (χ1) is 15.6. The highest BCUT2D eigenvalue weighted by atomic mass is 35.5. The molecule has 0 aromatic heterocycles.